The third-order valence-corrected chi connectivity index (χ3v) is 12.7. The number of aromatic nitrogens is 2. The maximum absolute atomic E-state index is 15.2. The molecule has 14 nitrogen and oxygen atoms in total. The Labute approximate surface area is 342 Å². The standard InChI is InChI=1S/C43H53F2N9O5/c44-34-23-32(47-36-9-11-38(56)49-40(36)57)8-10-37(34)52-20-18-51(19-21-52)25-27-12-15-53(16-13-27)41(58)28-4-6-31(7-5-28)48-43-46-24-35(45)39(50-43)29-2-1-3-30(22-29)42(59)54-17-14-33(55)26-54/h1-3,8,10,22-24,27-28,31,33,36,47,55H,4-7,9,11-21,25-26H2,(H,46,48,50)(H,49,56,57)/t28-,31-,33-,36?/m0/s1. The van der Waals surface area contributed by atoms with Gasteiger partial charge >= 0.3 is 0 Å². The molecule has 4 N–H and O–H groups in total. The van der Waals surface area contributed by atoms with Crippen molar-refractivity contribution >= 4 is 41.0 Å². The fourth-order valence-corrected chi connectivity index (χ4v) is 9.23. The van der Waals surface area contributed by atoms with E-state index in [9.17, 15) is 28.7 Å². The van der Waals surface area contributed by atoms with Crippen LogP contribution < -0.4 is 20.9 Å². The van der Waals surface area contributed by atoms with Crippen LogP contribution in [-0.2, 0) is 14.4 Å². The van der Waals surface area contributed by atoms with Gasteiger partial charge in [0.25, 0.3) is 5.91 Å². The zero-order valence-corrected chi connectivity index (χ0v) is 33.3. The van der Waals surface area contributed by atoms with E-state index in [-0.39, 0.29) is 60.1 Å². The highest BCUT2D eigenvalue weighted by atomic mass is 19.1. The lowest BCUT2D eigenvalue weighted by molar-refractivity contribution is -0.138. The molecule has 1 saturated carbocycles. The molecule has 1 aliphatic carbocycles. The number of hydrogen-bond acceptors (Lipinski definition) is 11. The molecule has 59 heavy (non-hydrogen) atoms. The second-order valence-corrected chi connectivity index (χ2v) is 16.7. The largest absolute Gasteiger partial charge is 0.391 e. The highest BCUT2D eigenvalue weighted by Crippen LogP contribution is 2.31. The Balaban J connectivity index is 0.754. The number of carbonyl (C=O) groups is 4. The molecule has 3 aromatic rings. The van der Waals surface area contributed by atoms with Crippen LogP contribution in [0.3, 0.4) is 0 Å². The van der Waals surface area contributed by atoms with Crippen LogP contribution in [0.4, 0.5) is 26.1 Å². The zero-order chi connectivity index (χ0) is 41.0. The predicted molar refractivity (Wildman–Crippen MR) is 217 cm³/mol. The van der Waals surface area contributed by atoms with E-state index < -0.39 is 18.0 Å². The molecule has 5 fully saturated rings. The number of hydrogen-bond donors (Lipinski definition) is 4. The number of imide groups is 1. The summed E-state index contributed by atoms with van der Waals surface area (Å²) in [5, 5.41) is 18.6. The SMILES string of the molecule is O=C1CCC(Nc2ccc(N3CCN(CC4CCN(C(=O)[C@H]5CC[C@H](Nc6ncc(F)c(-c7cccc(C(=O)N8CC[C@H](O)C8)c7)n6)CC5)CC4)CC3)c(F)c2)C(=O)N1. The second-order valence-electron chi connectivity index (χ2n) is 16.7. The van der Waals surface area contributed by atoms with Crippen LogP contribution in [-0.4, -0.2) is 130 Å². The third-order valence-electron chi connectivity index (χ3n) is 12.7. The number of nitrogens with one attached hydrogen (secondary N) is 3. The Kier molecular flexibility index (Phi) is 12.3. The molecule has 1 unspecified atom stereocenters. The number of anilines is 3. The summed E-state index contributed by atoms with van der Waals surface area (Å²) in [6.07, 6.45) is 6.76. The Morgan fingerprint density at radius 3 is 2.31 bits per heavy atom. The molecule has 2 aromatic carbocycles. The van der Waals surface area contributed by atoms with Crippen molar-refractivity contribution in [2.24, 2.45) is 11.8 Å². The Morgan fingerprint density at radius 2 is 1.59 bits per heavy atom. The molecule has 4 amide bonds. The monoisotopic (exact) mass is 813 g/mol. The Bertz CT molecular complexity index is 2030. The van der Waals surface area contributed by atoms with Crippen molar-refractivity contribution in [2.75, 3.05) is 74.4 Å². The maximum Gasteiger partial charge on any atom is 0.253 e. The smallest absolute Gasteiger partial charge is 0.253 e. The molecule has 0 radical (unpaired) electrons. The number of piperidine rings is 2. The van der Waals surface area contributed by atoms with Gasteiger partial charge in [0.15, 0.2) is 5.82 Å². The van der Waals surface area contributed by atoms with E-state index >= 15 is 4.39 Å². The number of β-amino-alcohol motifs (C(OH)–C–C–N with tert-alkyl or cyclic N) is 1. The van der Waals surface area contributed by atoms with E-state index in [4.69, 9.17) is 0 Å². The summed E-state index contributed by atoms with van der Waals surface area (Å²) in [7, 11) is 0. The number of aliphatic hydroxyl groups excluding tert-OH is 1. The number of piperazine rings is 1. The van der Waals surface area contributed by atoms with Crippen LogP contribution in [0.25, 0.3) is 11.3 Å². The molecular formula is C43H53F2N9O5. The fourth-order valence-electron chi connectivity index (χ4n) is 9.23. The van der Waals surface area contributed by atoms with Gasteiger partial charge in [-0.2, -0.15) is 0 Å². The predicted octanol–water partition coefficient (Wildman–Crippen LogP) is 3.88. The highest BCUT2D eigenvalue weighted by molar-refractivity contribution is 6.01. The van der Waals surface area contributed by atoms with E-state index in [1.54, 1.807) is 41.3 Å². The van der Waals surface area contributed by atoms with Crippen LogP contribution in [0.15, 0.2) is 48.7 Å². The minimum Gasteiger partial charge on any atom is -0.391 e. The van der Waals surface area contributed by atoms with Gasteiger partial charge in [-0.25, -0.2) is 18.7 Å². The fraction of sp³-hybridized carbons (Fsp3) is 0.535. The number of likely N-dealkylation sites (tertiary alicyclic amines) is 2. The molecule has 4 aliphatic heterocycles. The van der Waals surface area contributed by atoms with Crippen molar-refractivity contribution in [3.05, 3.63) is 65.9 Å². The molecule has 5 heterocycles. The molecule has 0 spiro atoms. The molecule has 8 rings (SSSR count). The van der Waals surface area contributed by atoms with E-state index in [0.29, 0.717) is 66.8 Å². The van der Waals surface area contributed by atoms with Gasteiger partial charge in [-0.05, 0) is 87.6 Å². The first-order valence-electron chi connectivity index (χ1n) is 21.1. The molecule has 0 bridgehead atoms. The molecule has 314 valence electrons. The summed E-state index contributed by atoms with van der Waals surface area (Å²) in [4.78, 5) is 66.9. The average molecular weight is 814 g/mol. The number of nitrogens with zero attached hydrogens (tertiary/aromatic N) is 6. The summed E-state index contributed by atoms with van der Waals surface area (Å²) in [6, 6.07) is 11.2. The third kappa shape index (κ3) is 9.65. The van der Waals surface area contributed by atoms with Crippen LogP contribution >= 0.6 is 0 Å². The second kappa shape index (κ2) is 18.0. The number of benzene rings is 2. The van der Waals surface area contributed by atoms with E-state index in [2.05, 4.69) is 35.7 Å². The summed E-state index contributed by atoms with van der Waals surface area (Å²) in [5.41, 5.74) is 2.04. The summed E-state index contributed by atoms with van der Waals surface area (Å²) in [6.45, 7) is 6.32. The van der Waals surface area contributed by atoms with Crippen molar-refractivity contribution in [2.45, 2.75) is 76.0 Å². The summed E-state index contributed by atoms with van der Waals surface area (Å²) in [5.74, 6) is -0.800. The molecule has 4 saturated heterocycles. The van der Waals surface area contributed by atoms with Gasteiger partial charge in [-0.15, -0.1) is 0 Å². The van der Waals surface area contributed by atoms with Gasteiger partial charge in [-0.1, -0.05) is 12.1 Å². The highest BCUT2D eigenvalue weighted by Gasteiger charge is 2.33. The molecular weight excluding hydrogens is 761 g/mol. The van der Waals surface area contributed by atoms with Gasteiger partial charge in [0, 0.05) is 94.1 Å². The van der Waals surface area contributed by atoms with Crippen molar-refractivity contribution in [1.82, 2.24) is 30.0 Å². The minimum absolute atomic E-state index is 0.0259. The van der Waals surface area contributed by atoms with E-state index in [1.165, 1.54) is 6.07 Å². The first kappa shape index (κ1) is 40.6. The lowest BCUT2D eigenvalue weighted by atomic mass is 9.84. The average Bonchev–Trinajstić information content (AvgIpc) is 3.69. The summed E-state index contributed by atoms with van der Waals surface area (Å²) >= 11 is 0. The molecule has 16 heteroatoms. The number of carbonyl (C=O) groups excluding carboxylic acids is 4. The topological polar surface area (TPSA) is 163 Å². The number of rotatable bonds is 10. The number of amides is 4. The first-order chi connectivity index (χ1) is 28.6. The van der Waals surface area contributed by atoms with Crippen molar-refractivity contribution < 1.29 is 33.1 Å². The molecule has 2 atom stereocenters. The van der Waals surface area contributed by atoms with E-state index in [1.807, 2.05) is 4.90 Å². The van der Waals surface area contributed by atoms with Gasteiger partial charge < -0.3 is 30.4 Å². The van der Waals surface area contributed by atoms with Crippen molar-refractivity contribution in [1.29, 1.82) is 0 Å². The molecule has 5 aliphatic rings. The number of halogens is 2. The Morgan fingerprint density at radius 1 is 0.831 bits per heavy atom. The van der Waals surface area contributed by atoms with Crippen LogP contribution in [0, 0.1) is 23.5 Å². The van der Waals surface area contributed by atoms with Crippen LogP contribution in [0.2, 0.25) is 0 Å². The van der Waals surface area contributed by atoms with Crippen molar-refractivity contribution in [3.8, 4) is 11.3 Å². The first-order valence-corrected chi connectivity index (χ1v) is 21.1. The van der Waals surface area contributed by atoms with Gasteiger partial charge in [0.1, 0.15) is 17.6 Å². The van der Waals surface area contributed by atoms with Crippen LogP contribution in [0.1, 0.15) is 68.1 Å². The normalized spacial score (nSPS) is 24.6. The number of aliphatic hydroxyl groups is 1. The maximum atomic E-state index is 15.2. The van der Waals surface area contributed by atoms with Crippen molar-refractivity contribution in [3.63, 3.8) is 0 Å². The lowest BCUT2D eigenvalue weighted by Gasteiger charge is -2.40. The zero-order valence-electron chi connectivity index (χ0n) is 33.3. The minimum atomic E-state index is -0.587. The van der Waals surface area contributed by atoms with E-state index in [0.717, 1.165) is 77.4 Å². The van der Waals surface area contributed by atoms with Gasteiger partial charge in [0.2, 0.25) is 23.7 Å². The Hall–Kier alpha value is -5.22. The van der Waals surface area contributed by atoms with Gasteiger partial charge in [-0.3, -0.25) is 29.4 Å². The molecule has 1 aromatic heterocycles. The quantitative estimate of drug-likeness (QED) is 0.220. The lowest BCUT2D eigenvalue weighted by Crippen LogP contribution is -2.50. The van der Waals surface area contributed by atoms with Crippen LogP contribution in [0.5, 0.6) is 0 Å². The van der Waals surface area contributed by atoms with Gasteiger partial charge in [0.05, 0.1) is 18.0 Å². The summed E-state index contributed by atoms with van der Waals surface area (Å²) < 4.78 is 30.2.